The van der Waals surface area contributed by atoms with E-state index in [2.05, 4.69) is 0 Å². The zero-order chi connectivity index (χ0) is 9.14. The van der Waals surface area contributed by atoms with Crippen LogP contribution in [0.5, 0.6) is 0 Å². The lowest BCUT2D eigenvalue weighted by atomic mass is 10.1. The molecule has 1 fully saturated rings. The first-order valence-electron chi connectivity index (χ1n) is 3.77. The zero-order valence-electron chi connectivity index (χ0n) is 6.78. The van der Waals surface area contributed by atoms with Crippen LogP contribution >= 0.6 is 0 Å². The average molecular weight is 170 g/mol. The highest BCUT2D eigenvalue weighted by Crippen LogP contribution is 2.23. The topological polar surface area (TPSA) is 60.4 Å². The molecule has 0 radical (unpaired) electrons. The van der Waals surface area contributed by atoms with E-state index in [-0.39, 0.29) is 18.6 Å². The van der Waals surface area contributed by atoms with Gasteiger partial charge in [-0.3, -0.25) is 9.59 Å². The van der Waals surface area contributed by atoms with Crippen LogP contribution in [0, 0.1) is 5.92 Å². The van der Waals surface area contributed by atoms with Gasteiger partial charge in [-0.05, 0) is 0 Å². The second kappa shape index (κ2) is 3.47. The van der Waals surface area contributed by atoms with Gasteiger partial charge in [0.1, 0.15) is 18.2 Å². The van der Waals surface area contributed by atoms with E-state index < -0.39 is 18.0 Å². The summed E-state index contributed by atoms with van der Waals surface area (Å²) >= 11 is 0. The highest BCUT2D eigenvalue weighted by atomic mass is 16.5. The molecule has 4 heteroatoms. The Bertz CT molecular complexity index is 221. The summed E-state index contributed by atoms with van der Waals surface area (Å²) in [4.78, 5) is 31.8. The van der Waals surface area contributed by atoms with Crippen LogP contribution in [0.4, 0.5) is 0 Å². The van der Waals surface area contributed by atoms with Crippen molar-refractivity contribution in [2.24, 2.45) is 5.92 Å². The molecule has 0 saturated heterocycles. The largest absolute Gasteiger partial charge is 0.461 e. The maximum absolute atomic E-state index is 10.9. The van der Waals surface area contributed by atoms with Crippen LogP contribution in [0.2, 0.25) is 0 Å². The predicted octanol–water partition coefficient (Wildman–Crippen LogP) is 0.0961. The Labute approximate surface area is 69.9 Å². The number of carbonyl (C=O) groups is 3. The molecule has 1 aliphatic carbocycles. The van der Waals surface area contributed by atoms with Crippen molar-refractivity contribution in [3.8, 4) is 0 Å². The van der Waals surface area contributed by atoms with Gasteiger partial charge in [0, 0.05) is 19.8 Å². The molecule has 0 N–H and O–H groups in total. The molecule has 0 amide bonds. The lowest BCUT2D eigenvalue weighted by molar-refractivity contribution is -0.148. The van der Waals surface area contributed by atoms with Gasteiger partial charge >= 0.3 is 5.97 Å². The predicted molar refractivity (Wildman–Crippen MR) is 39.3 cm³/mol. The van der Waals surface area contributed by atoms with Crippen molar-refractivity contribution in [1.29, 1.82) is 0 Å². The minimum Gasteiger partial charge on any atom is -0.461 e. The molecular formula is C8H10O4. The summed E-state index contributed by atoms with van der Waals surface area (Å²) < 4.78 is 4.79. The minimum atomic E-state index is -0.521. The maximum Gasteiger partial charge on any atom is 0.302 e. The molecule has 1 aliphatic rings. The van der Waals surface area contributed by atoms with Gasteiger partial charge in [0.2, 0.25) is 0 Å². The normalized spacial score (nSPS) is 28.6. The fourth-order valence-corrected chi connectivity index (χ4v) is 1.33. The lowest BCUT2D eigenvalue weighted by Crippen LogP contribution is -2.21. The van der Waals surface area contributed by atoms with Crippen LogP contribution < -0.4 is 0 Å². The third-order valence-corrected chi connectivity index (χ3v) is 1.86. The molecule has 1 saturated carbocycles. The van der Waals surface area contributed by atoms with Gasteiger partial charge < -0.3 is 9.53 Å². The quantitative estimate of drug-likeness (QED) is 0.435. The lowest BCUT2D eigenvalue weighted by Gasteiger charge is -2.12. The number of ether oxygens (including phenoxy) is 1. The Balaban J connectivity index is 2.57. The van der Waals surface area contributed by atoms with Crippen LogP contribution in [0.3, 0.4) is 0 Å². The number of esters is 1. The molecule has 0 spiro atoms. The summed E-state index contributed by atoms with van der Waals surface area (Å²) in [7, 11) is 0. The zero-order valence-corrected chi connectivity index (χ0v) is 6.78. The maximum atomic E-state index is 10.9. The Morgan fingerprint density at radius 2 is 2.25 bits per heavy atom. The van der Waals surface area contributed by atoms with Crippen molar-refractivity contribution in [3.05, 3.63) is 0 Å². The highest BCUT2D eigenvalue weighted by Gasteiger charge is 2.34. The first-order chi connectivity index (χ1) is 5.63. The average Bonchev–Trinajstić information content (AvgIpc) is 2.29. The van der Waals surface area contributed by atoms with Crippen molar-refractivity contribution < 1.29 is 19.1 Å². The van der Waals surface area contributed by atoms with Crippen molar-refractivity contribution in [3.63, 3.8) is 0 Å². The van der Waals surface area contributed by atoms with Crippen LogP contribution in [0.1, 0.15) is 19.8 Å². The third kappa shape index (κ3) is 1.90. The molecule has 2 unspecified atom stereocenters. The molecule has 0 bridgehead atoms. The number of ketones is 1. The number of hydrogen-bond donors (Lipinski definition) is 0. The summed E-state index contributed by atoms with van der Waals surface area (Å²) in [6.45, 7) is 1.27. The van der Waals surface area contributed by atoms with Gasteiger partial charge in [-0.1, -0.05) is 0 Å². The van der Waals surface area contributed by atoms with Crippen molar-refractivity contribution in [2.45, 2.75) is 25.9 Å². The van der Waals surface area contributed by atoms with E-state index in [4.69, 9.17) is 4.74 Å². The number of aldehydes is 1. The van der Waals surface area contributed by atoms with Crippen molar-refractivity contribution >= 4 is 18.0 Å². The van der Waals surface area contributed by atoms with Crippen LogP contribution in [-0.2, 0) is 19.1 Å². The summed E-state index contributed by atoms with van der Waals surface area (Å²) in [6, 6.07) is 0. The van der Waals surface area contributed by atoms with Gasteiger partial charge in [-0.15, -0.1) is 0 Å². The van der Waals surface area contributed by atoms with E-state index in [9.17, 15) is 14.4 Å². The summed E-state index contributed by atoms with van der Waals surface area (Å²) in [5, 5.41) is 0. The van der Waals surface area contributed by atoms with E-state index in [0.29, 0.717) is 6.29 Å². The Hall–Kier alpha value is -1.19. The van der Waals surface area contributed by atoms with E-state index in [1.54, 1.807) is 0 Å². The van der Waals surface area contributed by atoms with E-state index in [0.717, 1.165) is 0 Å². The Morgan fingerprint density at radius 1 is 1.58 bits per heavy atom. The molecule has 66 valence electrons. The molecular weight excluding hydrogens is 160 g/mol. The van der Waals surface area contributed by atoms with E-state index in [1.165, 1.54) is 6.92 Å². The summed E-state index contributed by atoms with van der Waals surface area (Å²) in [5.74, 6) is -0.888. The monoisotopic (exact) mass is 170 g/mol. The Morgan fingerprint density at radius 3 is 2.75 bits per heavy atom. The second-order valence-corrected chi connectivity index (χ2v) is 2.89. The van der Waals surface area contributed by atoms with Gasteiger partial charge in [-0.2, -0.15) is 0 Å². The van der Waals surface area contributed by atoms with Crippen LogP contribution in [0.25, 0.3) is 0 Å². The second-order valence-electron chi connectivity index (χ2n) is 2.89. The van der Waals surface area contributed by atoms with Gasteiger partial charge in [0.25, 0.3) is 0 Å². The first-order valence-corrected chi connectivity index (χ1v) is 3.77. The fraction of sp³-hybridized carbons (Fsp3) is 0.625. The molecule has 1 rings (SSSR count). The SMILES string of the molecule is CC(=O)OC1CC(=O)CC1C=O. The molecule has 0 aromatic heterocycles. The molecule has 0 aromatic carbocycles. The Kier molecular flexibility index (Phi) is 2.58. The fourth-order valence-electron chi connectivity index (χ4n) is 1.33. The third-order valence-electron chi connectivity index (χ3n) is 1.86. The molecule has 0 heterocycles. The molecule has 2 atom stereocenters. The standard InChI is InChI=1S/C8H10O4/c1-5(10)12-8-3-7(11)2-6(8)4-9/h4,6,8H,2-3H2,1H3. The molecule has 0 aliphatic heterocycles. The molecule has 4 nitrogen and oxygen atoms in total. The highest BCUT2D eigenvalue weighted by molar-refractivity contribution is 5.86. The summed E-state index contributed by atoms with van der Waals surface area (Å²) in [6.07, 6.45) is 0.552. The first kappa shape index (κ1) is 8.90. The molecule has 12 heavy (non-hydrogen) atoms. The van der Waals surface area contributed by atoms with E-state index in [1.807, 2.05) is 0 Å². The van der Waals surface area contributed by atoms with Crippen LogP contribution in [0.15, 0.2) is 0 Å². The summed E-state index contributed by atoms with van der Waals surface area (Å²) in [5.41, 5.74) is 0. The number of carbonyl (C=O) groups excluding carboxylic acids is 3. The van der Waals surface area contributed by atoms with E-state index >= 15 is 0 Å². The number of Topliss-reactive ketones (excluding diaryl/α,β-unsaturated/α-hetero) is 1. The van der Waals surface area contributed by atoms with Gasteiger partial charge in [0.05, 0.1) is 5.92 Å². The van der Waals surface area contributed by atoms with Crippen LogP contribution in [-0.4, -0.2) is 24.1 Å². The van der Waals surface area contributed by atoms with Crippen molar-refractivity contribution in [2.75, 3.05) is 0 Å². The van der Waals surface area contributed by atoms with Gasteiger partial charge in [0.15, 0.2) is 0 Å². The number of rotatable bonds is 2. The smallest absolute Gasteiger partial charge is 0.302 e. The molecule has 0 aromatic rings. The van der Waals surface area contributed by atoms with Gasteiger partial charge in [-0.25, -0.2) is 0 Å². The van der Waals surface area contributed by atoms with Crippen molar-refractivity contribution in [1.82, 2.24) is 0 Å². The minimum absolute atomic E-state index is 0.0154. The number of hydrogen-bond acceptors (Lipinski definition) is 4.